The van der Waals surface area contributed by atoms with Gasteiger partial charge >= 0.3 is 17.8 Å². The highest BCUT2D eigenvalue weighted by Gasteiger charge is 2.45. The number of carbonyl (C=O) groups excluding carboxylic acids is 4. The van der Waals surface area contributed by atoms with E-state index in [1.807, 2.05) is 35.9 Å². The molecule has 8 heteroatoms. The molecule has 0 aromatic carbocycles. The molecule has 2 aromatic rings. The molecule has 0 radical (unpaired) electrons. The standard InChI is InChI=1S/C20H23N3O4S/c1-4-8-21-13(2)11-16(14(21)3)17(24)12-23-19(26)18(25)22(20(23)27)9-7-15-6-5-10-28-15/h5-6,10-11H,4,7-9,12H2,1-3H3. The maximum atomic E-state index is 12.8. The van der Waals surface area contributed by atoms with E-state index >= 15 is 0 Å². The van der Waals surface area contributed by atoms with Gasteiger partial charge in [-0.3, -0.25) is 19.3 Å². The van der Waals surface area contributed by atoms with Crippen molar-refractivity contribution in [3.8, 4) is 0 Å². The van der Waals surface area contributed by atoms with E-state index in [0.29, 0.717) is 12.0 Å². The summed E-state index contributed by atoms with van der Waals surface area (Å²) in [5.41, 5.74) is 2.25. The number of imide groups is 2. The fraction of sp³-hybridized carbons (Fsp3) is 0.400. The summed E-state index contributed by atoms with van der Waals surface area (Å²) in [4.78, 5) is 52.5. The molecule has 4 amide bonds. The molecule has 0 unspecified atom stereocenters. The molecule has 0 atom stereocenters. The number of aromatic nitrogens is 1. The third-order valence-corrected chi connectivity index (χ3v) is 5.86. The van der Waals surface area contributed by atoms with Crippen molar-refractivity contribution >= 4 is 35.0 Å². The second kappa shape index (κ2) is 8.10. The lowest BCUT2D eigenvalue weighted by atomic mass is 10.1. The molecule has 0 N–H and O–H groups in total. The van der Waals surface area contributed by atoms with E-state index in [1.165, 1.54) is 11.3 Å². The van der Waals surface area contributed by atoms with Crippen LogP contribution in [0.15, 0.2) is 23.6 Å². The fourth-order valence-corrected chi connectivity index (χ4v) is 4.14. The third-order valence-electron chi connectivity index (χ3n) is 4.92. The van der Waals surface area contributed by atoms with Crippen molar-refractivity contribution < 1.29 is 19.2 Å². The number of hydrogen-bond acceptors (Lipinski definition) is 5. The van der Waals surface area contributed by atoms with Gasteiger partial charge in [-0.1, -0.05) is 13.0 Å². The highest BCUT2D eigenvalue weighted by atomic mass is 32.1. The largest absolute Gasteiger partial charge is 0.348 e. The average Bonchev–Trinajstić information content (AvgIpc) is 3.33. The Morgan fingerprint density at radius 3 is 2.43 bits per heavy atom. The topological polar surface area (TPSA) is 79.7 Å². The highest BCUT2D eigenvalue weighted by Crippen LogP contribution is 2.19. The van der Waals surface area contributed by atoms with E-state index in [4.69, 9.17) is 0 Å². The van der Waals surface area contributed by atoms with E-state index in [-0.39, 0.29) is 12.3 Å². The van der Waals surface area contributed by atoms with Crippen molar-refractivity contribution in [1.29, 1.82) is 0 Å². The molecule has 0 bridgehead atoms. The molecule has 1 fully saturated rings. The SMILES string of the molecule is CCCn1c(C)cc(C(=O)CN2C(=O)C(=O)N(CCc3cccs3)C2=O)c1C. The third kappa shape index (κ3) is 3.64. The Labute approximate surface area is 167 Å². The Kier molecular flexibility index (Phi) is 5.79. The second-order valence-electron chi connectivity index (χ2n) is 6.82. The van der Waals surface area contributed by atoms with E-state index in [1.54, 1.807) is 6.07 Å². The van der Waals surface area contributed by atoms with Crippen molar-refractivity contribution in [3.05, 3.63) is 45.4 Å². The number of urea groups is 1. The maximum Gasteiger partial charge on any atom is 0.334 e. The number of hydrogen-bond donors (Lipinski definition) is 0. The lowest BCUT2D eigenvalue weighted by Crippen LogP contribution is -2.37. The Balaban J connectivity index is 1.72. The van der Waals surface area contributed by atoms with Gasteiger partial charge in [-0.15, -0.1) is 11.3 Å². The minimum Gasteiger partial charge on any atom is -0.348 e. The quantitative estimate of drug-likeness (QED) is 0.387. The lowest BCUT2D eigenvalue weighted by molar-refractivity contribution is -0.143. The minimum absolute atomic E-state index is 0.125. The summed E-state index contributed by atoms with van der Waals surface area (Å²) in [6.45, 7) is 6.32. The summed E-state index contributed by atoms with van der Waals surface area (Å²) in [6.07, 6.45) is 1.42. The van der Waals surface area contributed by atoms with Gasteiger partial charge in [-0.25, -0.2) is 9.69 Å². The Bertz CT molecular complexity index is 930. The molecule has 3 rings (SSSR count). The van der Waals surface area contributed by atoms with Gasteiger partial charge in [-0.2, -0.15) is 0 Å². The molecular formula is C20H23N3O4S. The molecule has 1 saturated heterocycles. The second-order valence-corrected chi connectivity index (χ2v) is 7.85. The van der Waals surface area contributed by atoms with E-state index in [0.717, 1.165) is 39.0 Å². The van der Waals surface area contributed by atoms with Crippen molar-refractivity contribution in [2.75, 3.05) is 13.1 Å². The lowest BCUT2D eigenvalue weighted by Gasteiger charge is -2.15. The van der Waals surface area contributed by atoms with E-state index in [9.17, 15) is 19.2 Å². The van der Waals surface area contributed by atoms with Gasteiger partial charge in [0.1, 0.15) is 0 Å². The molecule has 7 nitrogen and oxygen atoms in total. The molecular weight excluding hydrogens is 378 g/mol. The van der Waals surface area contributed by atoms with Crippen molar-refractivity contribution in [2.45, 2.75) is 40.2 Å². The van der Waals surface area contributed by atoms with Crippen LogP contribution in [0.1, 0.15) is 40.0 Å². The van der Waals surface area contributed by atoms with Crippen LogP contribution in [0.25, 0.3) is 0 Å². The number of carbonyl (C=O) groups is 4. The van der Waals surface area contributed by atoms with Crippen LogP contribution >= 0.6 is 11.3 Å². The molecule has 0 spiro atoms. The number of Topliss-reactive ketones (excluding diaryl/α,β-unsaturated/α-hetero) is 1. The molecule has 0 aliphatic carbocycles. The van der Waals surface area contributed by atoms with Gasteiger partial charge in [0.15, 0.2) is 5.78 Å². The first-order chi connectivity index (χ1) is 13.3. The van der Waals surface area contributed by atoms with Crippen LogP contribution in [-0.2, 0) is 22.6 Å². The zero-order valence-corrected chi connectivity index (χ0v) is 17.0. The van der Waals surface area contributed by atoms with Gasteiger partial charge in [0.2, 0.25) is 0 Å². The molecule has 3 heterocycles. The predicted octanol–water partition coefficient (Wildman–Crippen LogP) is 2.79. The van der Waals surface area contributed by atoms with Crippen LogP contribution in [0.4, 0.5) is 4.79 Å². The number of rotatable bonds is 8. The normalized spacial score (nSPS) is 14.5. The molecule has 148 valence electrons. The van der Waals surface area contributed by atoms with Crippen molar-refractivity contribution in [2.24, 2.45) is 0 Å². The van der Waals surface area contributed by atoms with Crippen LogP contribution in [0.2, 0.25) is 0 Å². The summed E-state index contributed by atoms with van der Waals surface area (Å²) < 4.78 is 2.04. The minimum atomic E-state index is -0.938. The van der Waals surface area contributed by atoms with Gasteiger partial charge in [0.25, 0.3) is 0 Å². The first-order valence-corrected chi connectivity index (χ1v) is 10.1. The summed E-state index contributed by atoms with van der Waals surface area (Å²) in [5.74, 6) is -2.15. The summed E-state index contributed by atoms with van der Waals surface area (Å²) in [6, 6.07) is 4.85. The van der Waals surface area contributed by atoms with Crippen LogP contribution in [0.5, 0.6) is 0 Å². The van der Waals surface area contributed by atoms with Crippen molar-refractivity contribution in [1.82, 2.24) is 14.4 Å². The predicted molar refractivity (Wildman–Crippen MR) is 105 cm³/mol. The summed E-state index contributed by atoms with van der Waals surface area (Å²) in [7, 11) is 0. The molecule has 1 aliphatic rings. The maximum absolute atomic E-state index is 12.8. The van der Waals surface area contributed by atoms with E-state index < -0.39 is 24.4 Å². The van der Waals surface area contributed by atoms with Crippen LogP contribution in [0.3, 0.4) is 0 Å². The van der Waals surface area contributed by atoms with Crippen LogP contribution in [0, 0.1) is 13.8 Å². The Morgan fingerprint density at radius 1 is 1.07 bits per heavy atom. The molecule has 1 aliphatic heterocycles. The first-order valence-electron chi connectivity index (χ1n) is 9.24. The van der Waals surface area contributed by atoms with Gasteiger partial charge < -0.3 is 4.57 Å². The first kappa shape index (κ1) is 20.0. The molecule has 28 heavy (non-hydrogen) atoms. The van der Waals surface area contributed by atoms with Gasteiger partial charge in [0.05, 0.1) is 6.54 Å². The van der Waals surface area contributed by atoms with Gasteiger partial charge in [0, 0.05) is 41.3 Å². The zero-order chi connectivity index (χ0) is 20.4. The van der Waals surface area contributed by atoms with E-state index in [2.05, 4.69) is 6.92 Å². The van der Waals surface area contributed by atoms with Crippen molar-refractivity contribution in [3.63, 3.8) is 0 Å². The molecule has 2 aromatic heterocycles. The number of ketones is 1. The van der Waals surface area contributed by atoms with Gasteiger partial charge in [-0.05, 0) is 37.8 Å². The van der Waals surface area contributed by atoms with Crippen LogP contribution < -0.4 is 0 Å². The average molecular weight is 401 g/mol. The number of amides is 4. The Morgan fingerprint density at radius 2 is 1.79 bits per heavy atom. The summed E-state index contributed by atoms with van der Waals surface area (Å²) >= 11 is 1.52. The zero-order valence-electron chi connectivity index (χ0n) is 16.2. The number of thiophene rings is 1. The fourth-order valence-electron chi connectivity index (χ4n) is 3.44. The number of nitrogens with zero attached hydrogens (tertiary/aromatic N) is 3. The highest BCUT2D eigenvalue weighted by molar-refractivity contribution is 7.09. The monoisotopic (exact) mass is 401 g/mol. The molecule has 0 saturated carbocycles. The smallest absolute Gasteiger partial charge is 0.334 e. The number of aryl methyl sites for hydroxylation is 1. The van der Waals surface area contributed by atoms with Crippen LogP contribution in [-0.4, -0.2) is 51.1 Å². The Hall–Kier alpha value is -2.74. The summed E-state index contributed by atoms with van der Waals surface area (Å²) in [5, 5.41) is 1.91.